The molecule has 1 aromatic carbocycles. The fourth-order valence-corrected chi connectivity index (χ4v) is 3.23. The van der Waals surface area contributed by atoms with E-state index in [1.54, 1.807) is 0 Å². The van der Waals surface area contributed by atoms with Gasteiger partial charge in [0.1, 0.15) is 17.4 Å². The van der Waals surface area contributed by atoms with E-state index in [9.17, 15) is 19.7 Å². The summed E-state index contributed by atoms with van der Waals surface area (Å²) < 4.78 is 10.9. The molecule has 1 aliphatic heterocycles. The van der Waals surface area contributed by atoms with Crippen molar-refractivity contribution in [2.45, 2.75) is 46.5 Å². The Bertz CT molecular complexity index is 850. The maximum atomic E-state index is 11.7. The zero-order chi connectivity index (χ0) is 21.0. The van der Waals surface area contributed by atoms with Gasteiger partial charge in [0.05, 0.1) is 16.3 Å². The Morgan fingerprint density at radius 2 is 1.61 bits per heavy atom. The van der Waals surface area contributed by atoms with Crippen molar-refractivity contribution in [3.63, 3.8) is 0 Å². The van der Waals surface area contributed by atoms with Gasteiger partial charge < -0.3 is 14.8 Å². The van der Waals surface area contributed by atoms with Crippen LogP contribution in [0.5, 0.6) is 0 Å². The summed E-state index contributed by atoms with van der Waals surface area (Å²) in [6.45, 7) is 6.15. The summed E-state index contributed by atoms with van der Waals surface area (Å²) in [6, 6.07) is 4.09. The van der Waals surface area contributed by atoms with Gasteiger partial charge in [-0.05, 0) is 25.0 Å². The number of hydrogen-bond donors (Lipinski definition) is 1. The van der Waals surface area contributed by atoms with Crippen LogP contribution in [0.2, 0.25) is 5.02 Å². The van der Waals surface area contributed by atoms with Crippen LogP contribution in [0, 0.1) is 10.1 Å². The SMILES string of the molecule is CCC1=C(OC(C)=O)C(c2cc(Cl)ccc2[N+](=O)[O-])C(OC(C)=O)=C(CC)N1. The van der Waals surface area contributed by atoms with Gasteiger partial charge in [-0.2, -0.15) is 0 Å². The molecule has 0 saturated heterocycles. The molecule has 0 unspecified atom stereocenters. The van der Waals surface area contributed by atoms with Gasteiger partial charge in [0.15, 0.2) is 0 Å². The molecule has 28 heavy (non-hydrogen) atoms. The highest BCUT2D eigenvalue weighted by Crippen LogP contribution is 2.44. The van der Waals surface area contributed by atoms with Gasteiger partial charge in [0.2, 0.25) is 0 Å². The quantitative estimate of drug-likeness (QED) is 0.424. The number of halogens is 1. The molecule has 1 aliphatic rings. The average molecular weight is 409 g/mol. The minimum atomic E-state index is -0.974. The lowest BCUT2D eigenvalue weighted by atomic mass is 9.88. The van der Waals surface area contributed by atoms with E-state index in [1.807, 2.05) is 13.8 Å². The number of carbonyl (C=O) groups excluding carboxylic acids is 2. The molecular weight excluding hydrogens is 388 g/mol. The second-order valence-electron chi connectivity index (χ2n) is 6.10. The number of carbonyl (C=O) groups is 2. The number of dihydropyridines is 1. The third-order valence-electron chi connectivity index (χ3n) is 4.13. The van der Waals surface area contributed by atoms with Crippen molar-refractivity contribution in [1.82, 2.24) is 5.32 Å². The Kier molecular flexibility index (Phi) is 6.80. The summed E-state index contributed by atoms with van der Waals surface area (Å²) in [5.74, 6) is -1.88. The van der Waals surface area contributed by atoms with Crippen molar-refractivity contribution in [3.05, 3.63) is 61.8 Å². The standard InChI is InChI=1S/C19H21ClN2O6/c1-5-14-18(27-10(3)23)17(19(28-11(4)24)15(6-2)21-14)13-9-12(20)7-8-16(13)22(25)26/h7-9,17,21H,5-6H2,1-4H3. The molecule has 1 heterocycles. The molecule has 150 valence electrons. The molecule has 0 fully saturated rings. The third kappa shape index (κ3) is 4.51. The number of nitrogens with one attached hydrogen (secondary N) is 1. The second kappa shape index (κ2) is 8.88. The van der Waals surface area contributed by atoms with Crippen molar-refractivity contribution in [2.75, 3.05) is 0 Å². The lowest BCUT2D eigenvalue weighted by molar-refractivity contribution is -0.385. The van der Waals surface area contributed by atoms with Gasteiger partial charge in [-0.3, -0.25) is 19.7 Å². The van der Waals surface area contributed by atoms with Crippen LogP contribution in [0.3, 0.4) is 0 Å². The first-order valence-corrected chi connectivity index (χ1v) is 9.11. The highest BCUT2D eigenvalue weighted by Gasteiger charge is 2.39. The molecule has 0 spiro atoms. The first-order chi connectivity index (χ1) is 13.2. The lowest BCUT2D eigenvalue weighted by Crippen LogP contribution is -2.30. The van der Waals surface area contributed by atoms with Crippen LogP contribution in [0.4, 0.5) is 5.69 Å². The first kappa shape index (κ1) is 21.4. The number of nitro benzene ring substituents is 1. The van der Waals surface area contributed by atoms with Crippen molar-refractivity contribution < 1.29 is 24.0 Å². The number of allylic oxidation sites excluding steroid dienone is 2. The highest BCUT2D eigenvalue weighted by atomic mass is 35.5. The van der Waals surface area contributed by atoms with Gasteiger partial charge in [-0.25, -0.2) is 0 Å². The van der Waals surface area contributed by atoms with E-state index >= 15 is 0 Å². The maximum absolute atomic E-state index is 11.7. The fraction of sp³-hybridized carbons (Fsp3) is 0.368. The number of esters is 2. The van der Waals surface area contributed by atoms with Crippen LogP contribution >= 0.6 is 11.6 Å². The number of nitro groups is 1. The van der Waals surface area contributed by atoms with E-state index in [0.717, 1.165) is 0 Å². The van der Waals surface area contributed by atoms with E-state index in [-0.39, 0.29) is 27.8 Å². The molecule has 0 aromatic heterocycles. The monoisotopic (exact) mass is 408 g/mol. The average Bonchev–Trinajstić information content (AvgIpc) is 2.60. The topological polar surface area (TPSA) is 108 Å². The molecule has 0 atom stereocenters. The van der Waals surface area contributed by atoms with E-state index < -0.39 is 22.8 Å². The molecular formula is C19H21ClN2O6. The Labute approximate surface area is 167 Å². The molecule has 1 aromatic rings. The van der Waals surface area contributed by atoms with E-state index in [1.165, 1.54) is 32.0 Å². The van der Waals surface area contributed by atoms with Gasteiger partial charge in [-0.1, -0.05) is 25.4 Å². The molecule has 9 heteroatoms. The van der Waals surface area contributed by atoms with Crippen LogP contribution in [0.25, 0.3) is 0 Å². The molecule has 0 bridgehead atoms. The zero-order valence-corrected chi connectivity index (χ0v) is 16.8. The number of benzene rings is 1. The summed E-state index contributed by atoms with van der Waals surface area (Å²) in [7, 11) is 0. The normalized spacial score (nSPS) is 14.6. The van der Waals surface area contributed by atoms with Gasteiger partial charge in [-0.15, -0.1) is 0 Å². The van der Waals surface area contributed by atoms with Crippen LogP contribution in [0.15, 0.2) is 41.1 Å². The largest absolute Gasteiger partial charge is 0.428 e. The Hall–Kier alpha value is -2.87. The van der Waals surface area contributed by atoms with Crippen molar-refractivity contribution in [2.24, 2.45) is 0 Å². The Balaban J connectivity index is 2.84. The summed E-state index contributed by atoms with van der Waals surface area (Å²) in [5.41, 5.74) is 1.09. The maximum Gasteiger partial charge on any atom is 0.307 e. The number of nitrogens with zero attached hydrogens (tertiary/aromatic N) is 1. The summed E-state index contributed by atoms with van der Waals surface area (Å²) in [4.78, 5) is 34.6. The fourth-order valence-electron chi connectivity index (χ4n) is 3.05. The van der Waals surface area contributed by atoms with Crippen LogP contribution in [-0.2, 0) is 19.1 Å². The van der Waals surface area contributed by atoms with Crippen LogP contribution in [-0.4, -0.2) is 16.9 Å². The highest BCUT2D eigenvalue weighted by molar-refractivity contribution is 6.30. The number of hydrogen-bond acceptors (Lipinski definition) is 7. The van der Waals surface area contributed by atoms with Crippen LogP contribution < -0.4 is 5.32 Å². The molecule has 1 N–H and O–H groups in total. The molecule has 0 radical (unpaired) electrons. The molecule has 0 amide bonds. The third-order valence-corrected chi connectivity index (χ3v) is 4.37. The second-order valence-corrected chi connectivity index (χ2v) is 6.53. The van der Waals surface area contributed by atoms with Crippen molar-refractivity contribution in [3.8, 4) is 0 Å². The van der Waals surface area contributed by atoms with Crippen LogP contribution in [0.1, 0.15) is 52.0 Å². The smallest absolute Gasteiger partial charge is 0.307 e. The van der Waals surface area contributed by atoms with Crippen molar-refractivity contribution >= 4 is 29.2 Å². The molecule has 2 rings (SSSR count). The minimum absolute atomic E-state index is 0.147. The number of ether oxygens (including phenoxy) is 2. The first-order valence-electron chi connectivity index (χ1n) is 8.73. The Morgan fingerprint density at radius 3 is 2.00 bits per heavy atom. The van der Waals surface area contributed by atoms with Gasteiger partial charge in [0, 0.05) is 30.5 Å². The summed E-state index contributed by atoms with van der Waals surface area (Å²) >= 11 is 6.10. The molecule has 0 saturated carbocycles. The molecule has 0 aliphatic carbocycles. The Morgan fingerprint density at radius 1 is 1.11 bits per heavy atom. The predicted molar refractivity (Wildman–Crippen MR) is 102 cm³/mol. The lowest BCUT2D eigenvalue weighted by Gasteiger charge is -2.31. The predicted octanol–water partition coefficient (Wildman–Crippen LogP) is 4.30. The van der Waals surface area contributed by atoms with E-state index in [4.69, 9.17) is 21.1 Å². The van der Waals surface area contributed by atoms with E-state index in [2.05, 4.69) is 5.32 Å². The minimum Gasteiger partial charge on any atom is -0.428 e. The zero-order valence-electron chi connectivity index (χ0n) is 16.0. The summed E-state index contributed by atoms with van der Waals surface area (Å²) in [5, 5.41) is 15.0. The molecule has 8 nitrogen and oxygen atoms in total. The summed E-state index contributed by atoms with van der Waals surface area (Å²) in [6.07, 6.45) is 0.925. The van der Waals surface area contributed by atoms with Crippen molar-refractivity contribution in [1.29, 1.82) is 0 Å². The van der Waals surface area contributed by atoms with E-state index in [0.29, 0.717) is 24.2 Å². The number of rotatable bonds is 6. The van der Waals surface area contributed by atoms with Gasteiger partial charge in [0.25, 0.3) is 5.69 Å². The van der Waals surface area contributed by atoms with Gasteiger partial charge >= 0.3 is 11.9 Å².